The van der Waals surface area contributed by atoms with Crippen LogP contribution in [0.25, 0.3) is 0 Å². The number of nitrogens with zero attached hydrogens (tertiary/aromatic N) is 1. The molecule has 0 aliphatic rings. The SMILES string of the molecule is O=C(NCC(O)COc1cccc(Cl)c1Cl)c1cccnc1Nc1cccc(F)c1. The first kappa shape index (κ1) is 21.8. The van der Waals surface area contributed by atoms with Gasteiger partial charge in [-0.2, -0.15) is 0 Å². The van der Waals surface area contributed by atoms with E-state index in [9.17, 15) is 14.3 Å². The number of halogens is 3. The lowest BCUT2D eigenvalue weighted by Crippen LogP contribution is -2.35. The summed E-state index contributed by atoms with van der Waals surface area (Å²) in [4.78, 5) is 16.7. The van der Waals surface area contributed by atoms with Crippen molar-refractivity contribution in [1.29, 1.82) is 0 Å². The number of hydrogen-bond acceptors (Lipinski definition) is 5. The maximum absolute atomic E-state index is 13.4. The first-order chi connectivity index (χ1) is 14.4. The van der Waals surface area contributed by atoms with Gasteiger partial charge in [0.15, 0.2) is 0 Å². The summed E-state index contributed by atoms with van der Waals surface area (Å²) in [5.74, 6) is -0.271. The van der Waals surface area contributed by atoms with E-state index in [-0.39, 0.29) is 29.6 Å². The second-order valence-corrected chi connectivity index (χ2v) is 7.05. The van der Waals surface area contributed by atoms with Crippen molar-refractivity contribution in [3.8, 4) is 5.75 Å². The maximum atomic E-state index is 13.4. The van der Waals surface area contributed by atoms with Gasteiger partial charge in [-0.25, -0.2) is 9.37 Å². The summed E-state index contributed by atoms with van der Waals surface area (Å²) in [6.45, 7) is -0.160. The Morgan fingerprint density at radius 2 is 1.97 bits per heavy atom. The number of anilines is 2. The molecule has 0 fully saturated rings. The molecular weight excluding hydrogens is 432 g/mol. The van der Waals surface area contributed by atoms with Crippen molar-refractivity contribution in [3.05, 3.63) is 82.2 Å². The van der Waals surface area contributed by atoms with Crippen molar-refractivity contribution >= 4 is 40.6 Å². The molecule has 3 aromatic rings. The van der Waals surface area contributed by atoms with Gasteiger partial charge in [-0.05, 0) is 42.5 Å². The van der Waals surface area contributed by atoms with E-state index >= 15 is 0 Å². The minimum Gasteiger partial charge on any atom is -0.489 e. The highest BCUT2D eigenvalue weighted by Crippen LogP contribution is 2.31. The summed E-state index contributed by atoms with van der Waals surface area (Å²) < 4.78 is 18.8. The topological polar surface area (TPSA) is 83.5 Å². The average molecular weight is 450 g/mol. The molecule has 2 aromatic carbocycles. The van der Waals surface area contributed by atoms with Crippen molar-refractivity contribution in [2.24, 2.45) is 0 Å². The molecule has 6 nitrogen and oxygen atoms in total. The minimum atomic E-state index is -0.986. The quantitative estimate of drug-likeness (QED) is 0.473. The van der Waals surface area contributed by atoms with Crippen LogP contribution in [-0.4, -0.2) is 35.3 Å². The van der Waals surface area contributed by atoms with Crippen molar-refractivity contribution < 1.29 is 19.0 Å². The van der Waals surface area contributed by atoms with Gasteiger partial charge in [0.05, 0.1) is 10.6 Å². The van der Waals surface area contributed by atoms with Crippen molar-refractivity contribution in [2.45, 2.75) is 6.10 Å². The molecule has 1 aromatic heterocycles. The Balaban J connectivity index is 1.57. The zero-order valence-corrected chi connectivity index (χ0v) is 17.1. The van der Waals surface area contributed by atoms with Crippen LogP contribution in [-0.2, 0) is 0 Å². The van der Waals surface area contributed by atoms with Gasteiger partial charge in [0, 0.05) is 18.4 Å². The number of benzene rings is 2. The van der Waals surface area contributed by atoms with Crippen LogP contribution in [0.5, 0.6) is 5.75 Å². The Morgan fingerprint density at radius 1 is 1.17 bits per heavy atom. The Labute approximate surface area is 182 Å². The maximum Gasteiger partial charge on any atom is 0.255 e. The van der Waals surface area contributed by atoms with E-state index in [1.165, 1.54) is 18.3 Å². The summed E-state index contributed by atoms with van der Waals surface area (Å²) in [6.07, 6.45) is 0.524. The fraction of sp³-hybridized carbons (Fsp3) is 0.143. The van der Waals surface area contributed by atoms with Gasteiger partial charge in [0.1, 0.15) is 35.1 Å². The van der Waals surface area contributed by atoms with E-state index in [0.29, 0.717) is 16.5 Å². The summed E-state index contributed by atoms with van der Waals surface area (Å²) in [5, 5.41) is 16.2. The highest BCUT2D eigenvalue weighted by atomic mass is 35.5. The molecule has 156 valence electrons. The zero-order chi connectivity index (χ0) is 21.5. The number of aliphatic hydroxyl groups excluding tert-OH is 1. The highest BCUT2D eigenvalue weighted by molar-refractivity contribution is 6.42. The minimum absolute atomic E-state index is 0.0642. The molecule has 0 spiro atoms. The lowest BCUT2D eigenvalue weighted by atomic mass is 10.2. The Morgan fingerprint density at radius 3 is 2.77 bits per heavy atom. The highest BCUT2D eigenvalue weighted by Gasteiger charge is 2.15. The van der Waals surface area contributed by atoms with Crippen molar-refractivity contribution in [3.63, 3.8) is 0 Å². The number of carbonyl (C=O) groups is 1. The van der Waals surface area contributed by atoms with Crippen LogP contribution >= 0.6 is 23.2 Å². The van der Waals surface area contributed by atoms with Crippen molar-refractivity contribution in [1.82, 2.24) is 10.3 Å². The fourth-order valence-electron chi connectivity index (χ4n) is 2.54. The molecule has 1 unspecified atom stereocenters. The molecule has 0 saturated heterocycles. The van der Waals surface area contributed by atoms with Crippen LogP contribution in [0.2, 0.25) is 10.0 Å². The van der Waals surface area contributed by atoms with Gasteiger partial charge in [-0.15, -0.1) is 0 Å². The number of ether oxygens (including phenoxy) is 1. The number of amides is 1. The Kier molecular flexibility index (Phi) is 7.46. The lowest BCUT2D eigenvalue weighted by molar-refractivity contribution is 0.0844. The summed E-state index contributed by atoms with van der Waals surface area (Å²) >= 11 is 11.9. The first-order valence-electron chi connectivity index (χ1n) is 8.94. The molecule has 30 heavy (non-hydrogen) atoms. The average Bonchev–Trinajstić information content (AvgIpc) is 2.73. The van der Waals surface area contributed by atoms with Crippen molar-refractivity contribution in [2.75, 3.05) is 18.5 Å². The van der Waals surface area contributed by atoms with Gasteiger partial charge < -0.3 is 20.5 Å². The van der Waals surface area contributed by atoms with E-state index in [2.05, 4.69) is 15.6 Å². The summed E-state index contributed by atoms with van der Waals surface area (Å²) in [6, 6.07) is 13.9. The van der Waals surface area contributed by atoms with E-state index in [0.717, 1.165) is 0 Å². The van der Waals surface area contributed by atoms with E-state index in [4.69, 9.17) is 27.9 Å². The van der Waals surface area contributed by atoms with Gasteiger partial charge in [-0.3, -0.25) is 4.79 Å². The summed E-state index contributed by atoms with van der Waals surface area (Å²) in [5.41, 5.74) is 0.697. The Hall–Kier alpha value is -2.87. The number of aliphatic hydroxyl groups is 1. The van der Waals surface area contributed by atoms with E-state index in [1.54, 1.807) is 42.5 Å². The molecule has 3 N–H and O–H groups in total. The van der Waals surface area contributed by atoms with Crippen LogP contribution < -0.4 is 15.4 Å². The molecule has 1 heterocycles. The monoisotopic (exact) mass is 449 g/mol. The van der Waals surface area contributed by atoms with Crippen LogP contribution in [0.15, 0.2) is 60.8 Å². The fourth-order valence-corrected chi connectivity index (χ4v) is 2.88. The Bertz CT molecular complexity index is 1040. The number of aromatic nitrogens is 1. The second-order valence-electron chi connectivity index (χ2n) is 6.26. The lowest BCUT2D eigenvalue weighted by Gasteiger charge is -2.15. The zero-order valence-electron chi connectivity index (χ0n) is 15.6. The molecule has 0 saturated carbocycles. The summed E-state index contributed by atoms with van der Waals surface area (Å²) in [7, 11) is 0. The van der Waals surface area contributed by atoms with E-state index in [1.807, 2.05) is 0 Å². The van der Waals surface area contributed by atoms with Gasteiger partial charge in [-0.1, -0.05) is 35.3 Å². The van der Waals surface area contributed by atoms with Crippen LogP contribution in [0.3, 0.4) is 0 Å². The number of rotatable bonds is 8. The third-order valence-corrected chi connectivity index (χ3v) is 4.79. The largest absolute Gasteiger partial charge is 0.489 e. The number of hydrogen-bond donors (Lipinski definition) is 3. The third-order valence-electron chi connectivity index (χ3n) is 3.99. The van der Waals surface area contributed by atoms with Crippen LogP contribution in [0.1, 0.15) is 10.4 Å². The molecule has 1 amide bonds. The van der Waals surface area contributed by atoms with Gasteiger partial charge >= 0.3 is 0 Å². The van der Waals surface area contributed by atoms with Crippen LogP contribution in [0.4, 0.5) is 15.9 Å². The predicted molar refractivity (Wildman–Crippen MR) is 114 cm³/mol. The smallest absolute Gasteiger partial charge is 0.255 e. The first-order valence-corrected chi connectivity index (χ1v) is 9.70. The molecular formula is C21H18Cl2FN3O3. The van der Waals surface area contributed by atoms with Gasteiger partial charge in [0.2, 0.25) is 0 Å². The molecule has 9 heteroatoms. The van der Waals surface area contributed by atoms with E-state index < -0.39 is 17.8 Å². The molecule has 0 aliphatic heterocycles. The number of nitrogens with one attached hydrogen (secondary N) is 2. The number of carbonyl (C=O) groups excluding carboxylic acids is 1. The van der Waals surface area contributed by atoms with Gasteiger partial charge in [0.25, 0.3) is 5.91 Å². The molecule has 0 bridgehead atoms. The second kappa shape index (κ2) is 10.2. The molecule has 0 aliphatic carbocycles. The predicted octanol–water partition coefficient (Wildman–Crippen LogP) is 4.44. The number of pyridine rings is 1. The normalized spacial score (nSPS) is 11.6. The molecule has 0 radical (unpaired) electrons. The molecule has 3 rings (SSSR count). The third kappa shape index (κ3) is 5.82. The molecule has 1 atom stereocenters. The van der Waals surface area contributed by atoms with Crippen LogP contribution in [0, 0.1) is 5.82 Å². The standard InChI is InChI=1S/C21H18Cl2FN3O3/c22-17-7-2-8-18(19(17)23)30-12-15(28)11-26-21(29)16-6-3-9-25-20(16)27-14-5-1-4-13(24)10-14/h1-10,15,28H,11-12H2,(H,25,27)(H,26,29).